The van der Waals surface area contributed by atoms with Gasteiger partial charge in [0.2, 0.25) is 5.95 Å². The highest BCUT2D eigenvalue weighted by Crippen LogP contribution is 2.22. The molecule has 8 nitrogen and oxygen atoms in total. The fourth-order valence-electron chi connectivity index (χ4n) is 4.04. The quantitative estimate of drug-likeness (QED) is 0.364. The molecular formula is C25H23ClN6O2. The molecule has 172 valence electrons. The van der Waals surface area contributed by atoms with Crippen LogP contribution in [0, 0.1) is 12.3 Å². The Balaban J connectivity index is 1.42. The summed E-state index contributed by atoms with van der Waals surface area (Å²) >= 11 is 6.18. The van der Waals surface area contributed by atoms with Gasteiger partial charge < -0.3 is 20.4 Å². The van der Waals surface area contributed by atoms with E-state index in [-0.39, 0.29) is 17.7 Å². The summed E-state index contributed by atoms with van der Waals surface area (Å²) in [7, 11) is 0. The molecule has 0 bridgehead atoms. The van der Waals surface area contributed by atoms with Crippen LogP contribution < -0.4 is 21.5 Å². The number of aromatic nitrogens is 3. The first-order valence-corrected chi connectivity index (χ1v) is 11.4. The van der Waals surface area contributed by atoms with E-state index < -0.39 is 0 Å². The van der Waals surface area contributed by atoms with Crippen LogP contribution in [0.4, 0.5) is 17.3 Å². The maximum atomic E-state index is 13.0. The lowest BCUT2D eigenvalue weighted by Crippen LogP contribution is -2.38. The Bertz CT molecular complexity index is 1410. The van der Waals surface area contributed by atoms with Gasteiger partial charge in [0.1, 0.15) is 11.4 Å². The SMILES string of the molecule is C#Cc1cc2cnc(Nc3ccc(NC4CCCNC4)cc3)nc2n(Cc2occc2Cl)c1=O. The van der Waals surface area contributed by atoms with Crippen LogP contribution in [0.25, 0.3) is 11.0 Å². The second kappa shape index (κ2) is 9.59. The zero-order valence-corrected chi connectivity index (χ0v) is 19.1. The average molecular weight is 475 g/mol. The molecule has 4 aromatic rings. The van der Waals surface area contributed by atoms with Crippen molar-refractivity contribution in [2.45, 2.75) is 25.4 Å². The second-order valence-corrected chi connectivity index (χ2v) is 8.56. The van der Waals surface area contributed by atoms with Crippen molar-refractivity contribution in [2.24, 2.45) is 0 Å². The van der Waals surface area contributed by atoms with E-state index in [2.05, 4.69) is 31.8 Å². The molecule has 0 saturated carbocycles. The molecule has 1 fully saturated rings. The van der Waals surface area contributed by atoms with Gasteiger partial charge in [-0.15, -0.1) is 6.42 Å². The molecular weight excluding hydrogens is 452 g/mol. The Kier molecular flexibility index (Phi) is 6.21. The minimum atomic E-state index is -0.347. The smallest absolute Gasteiger partial charge is 0.268 e. The van der Waals surface area contributed by atoms with Gasteiger partial charge in [-0.1, -0.05) is 17.5 Å². The van der Waals surface area contributed by atoms with Crippen molar-refractivity contribution in [2.75, 3.05) is 23.7 Å². The Hall–Kier alpha value is -3.80. The van der Waals surface area contributed by atoms with E-state index in [0.717, 1.165) is 30.9 Å². The van der Waals surface area contributed by atoms with Gasteiger partial charge >= 0.3 is 0 Å². The zero-order chi connectivity index (χ0) is 23.5. The van der Waals surface area contributed by atoms with Crippen LogP contribution in [-0.4, -0.2) is 33.7 Å². The van der Waals surface area contributed by atoms with E-state index in [1.807, 2.05) is 24.3 Å². The van der Waals surface area contributed by atoms with Crippen molar-refractivity contribution in [3.63, 3.8) is 0 Å². The fraction of sp³-hybridized carbons (Fsp3) is 0.240. The number of furan rings is 1. The van der Waals surface area contributed by atoms with E-state index in [1.54, 1.807) is 18.3 Å². The van der Waals surface area contributed by atoms with E-state index in [1.165, 1.54) is 17.3 Å². The van der Waals surface area contributed by atoms with E-state index >= 15 is 0 Å². The van der Waals surface area contributed by atoms with Crippen molar-refractivity contribution in [1.29, 1.82) is 0 Å². The van der Waals surface area contributed by atoms with Crippen LogP contribution in [0.3, 0.4) is 0 Å². The second-order valence-electron chi connectivity index (χ2n) is 8.15. The lowest BCUT2D eigenvalue weighted by molar-refractivity contribution is 0.480. The molecule has 1 unspecified atom stereocenters. The first kappa shape index (κ1) is 22.0. The van der Waals surface area contributed by atoms with Gasteiger partial charge in [-0.3, -0.25) is 9.36 Å². The first-order chi connectivity index (χ1) is 16.6. The predicted molar refractivity (Wildman–Crippen MR) is 134 cm³/mol. The molecule has 1 aromatic carbocycles. The summed E-state index contributed by atoms with van der Waals surface area (Å²) < 4.78 is 6.88. The van der Waals surface area contributed by atoms with Crippen LogP contribution in [0.15, 0.2) is 58.1 Å². The molecule has 34 heavy (non-hydrogen) atoms. The molecule has 1 saturated heterocycles. The minimum absolute atomic E-state index is 0.101. The van der Waals surface area contributed by atoms with Crippen LogP contribution in [0.2, 0.25) is 5.02 Å². The number of piperidine rings is 1. The number of anilines is 3. The van der Waals surface area contributed by atoms with Crippen LogP contribution in [-0.2, 0) is 6.54 Å². The van der Waals surface area contributed by atoms with Gasteiger partial charge in [-0.2, -0.15) is 4.98 Å². The molecule has 3 N–H and O–H groups in total. The van der Waals surface area contributed by atoms with Crippen LogP contribution >= 0.6 is 11.6 Å². The van der Waals surface area contributed by atoms with Crippen molar-refractivity contribution < 1.29 is 4.42 Å². The van der Waals surface area contributed by atoms with Gasteiger partial charge in [0.15, 0.2) is 0 Å². The third-order valence-electron chi connectivity index (χ3n) is 5.78. The summed E-state index contributed by atoms with van der Waals surface area (Å²) in [4.78, 5) is 22.0. The summed E-state index contributed by atoms with van der Waals surface area (Å²) in [5, 5.41) is 11.2. The number of hydrogen-bond donors (Lipinski definition) is 3. The number of benzene rings is 1. The van der Waals surface area contributed by atoms with Gasteiger partial charge in [-0.05, 0) is 55.8 Å². The number of hydrogen-bond acceptors (Lipinski definition) is 7. The number of halogens is 1. The number of pyridine rings is 1. The van der Waals surface area contributed by atoms with Gasteiger partial charge in [0.05, 0.1) is 23.4 Å². The Morgan fingerprint density at radius 2 is 2.09 bits per heavy atom. The maximum Gasteiger partial charge on any atom is 0.268 e. The average Bonchev–Trinajstić information content (AvgIpc) is 3.27. The van der Waals surface area contributed by atoms with Gasteiger partial charge in [0, 0.05) is 35.5 Å². The number of nitrogens with one attached hydrogen (secondary N) is 3. The highest BCUT2D eigenvalue weighted by atomic mass is 35.5. The number of nitrogens with zero attached hydrogens (tertiary/aromatic N) is 3. The number of terminal acetylenes is 1. The predicted octanol–water partition coefficient (Wildman–Crippen LogP) is 3.98. The van der Waals surface area contributed by atoms with Crippen molar-refractivity contribution >= 4 is 40.0 Å². The Labute approximate surface area is 201 Å². The molecule has 0 radical (unpaired) electrons. The monoisotopic (exact) mass is 474 g/mol. The summed E-state index contributed by atoms with van der Waals surface area (Å²) in [5.74, 6) is 3.24. The summed E-state index contributed by atoms with van der Waals surface area (Å²) in [6.45, 7) is 2.15. The lowest BCUT2D eigenvalue weighted by atomic mass is 10.1. The fourth-order valence-corrected chi connectivity index (χ4v) is 4.20. The highest BCUT2D eigenvalue weighted by molar-refractivity contribution is 6.31. The molecule has 1 atom stereocenters. The molecule has 0 spiro atoms. The summed E-state index contributed by atoms with van der Waals surface area (Å²) in [6.07, 6.45) is 11.0. The number of rotatable bonds is 6. The largest absolute Gasteiger partial charge is 0.466 e. The van der Waals surface area contributed by atoms with Crippen molar-refractivity contribution in [3.8, 4) is 12.3 Å². The van der Waals surface area contributed by atoms with Crippen molar-refractivity contribution in [3.05, 3.63) is 75.6 Å². The maximum absolute atomic E-state index is 13.0. The van der Waals surface area contributed by atoms with E-state index in [0.29, 0.717) is 33.8 Å². The highest BCUT2D eigenvalue weighted by Gasteiger charge is 2.15. The molecule has 0 aliphatic carbocycles. The lowest BCUT2D eigenvalue weighted by Gasteiger charge is -2.24. The van der Waals surface area contributed by atoms with Crippen LogP contribution in [0.5, 0.6) is 0 Å². The summed E-state index contributed by atoms with van der Waals surface area (Å²) in [6, 6.07) is 11.6. The standard InChI is InChI=1S/C25H23ClN6O2/c1-2-16-12-17-13-28-25(31-23(17)32(24(16)33)15-22-21(26)9-11-34-22)30-19-7-5-18(6-8-19)29-20-4-3-10-27-14-20/h1,5-9,11-13,20,27,29H,3-4,10,14-15H2,(H,28,30,31). The summed E-state index contributed by atoms with van der Waals surface area (Å²) in [5.41, 5.74) is 2.19. The van der Waals surface area contributed by atoms with Gasteiger partial charge in [-0.25, -0.2) is 4.98 Å². The van der Waals surface area contributed by atoms with Gasteiger partial charge in [0.25, 0.3) is 5.56 Å². The molecule has 0 amide bonds. The van der Waals surface area contributed by atoms with E-state index in [9.17, 15) is 4.79 Å². The zero-order valence-electron chi connectivity index (χ0n) is 18.3. The molecule has 9 heteroatoms. The number of fused-ring (bicyclic) bond motifs is 1. The Morgan fingerprint density at radius 3 is 2.79 bits per heavy atom. The first-order valence-electron chi connectivity index (χ1n) is 11.0. The minimum Gasteiger partial charge on any atom is -0.466 e. The topological polar surface area (TPSA) is 97.0 Å². The third kappa shape index (κ3) is 4.62. The Morgan fingerprint density at radius 1 is 1.26 bits per heavy atom. The van der Waals surface area contributed by atoms with E-state index in [4.69, 9.17) is 22.4 Å². The molecule has 1 aliphatic heterocycles. The molecule has 1 aliphatic rings. The third-order valence-corrected chi connectivity index (χ3v) is 6.12. The van der Waals surface area contributed by atoms with Crippen molar-refractivity contribution in [1.82, 2.24) is 19.9 Å². The molecule has 5 rings (SSSR count). The molecule has 3 aromatic heterocycles. The molecule has 4 heterocycles. The normalized spacial score (nSPS) is 15.7. The van der Waals surface area contributed by atoms with Crippen LogP contribution in [0.1, 0.15) is 24.2 Å².